The molecule has 65 valence electrons. The summed E-state index contributed by atoms with van der Waals surface area (Å²) in [5.41, 5.74) is 1.17. The lowest BCUT2D eigenvalue weighted by Gasteiger charge is -2.06. The van der Waals surface area contributed by atoms with Crippen LogP contribution in [-0.4, -0.2) is 6.54 Å². The van der Waals surface area contributed by atoms with Gasteiger partial charge in [0.25, 0.3) is 0 Å². The molecule has 0 aromatic heterocycles. The highest BCUT2D eigenvalue weighted by Crippen LogP contribution is 2.21. The summed E-state index contributed by atoms with van der Waals surface area (Å²) in [5, 5.41) is 5.82. The van der Waals surface area contributed by atoms with Gasteiger partial charge in [0, 0.05) is 17.6 Å². The number of rotatable bonds is 2. The highest BCUT2D eigenvalue weighted by Gasteiger charge is 1.96. The summed E-state index contributed by atoms with van der Waals surface area (Å²) in [4.78, 5) is 0. The van der Waals surface area contributed by atoms with Crippen molar-refractivity contribution in [1.29, 1.82) is 0 Å². The van der Waals surface area contributed by atoms with E-state index in [0.717, 1.165) is 6.54 Å². The topological polar surface area (TPSA) is 12.0 Å². The lowest BCUT2D eigenvalue weighted by atomic mass is 10.1. The molecule has 13 heavy (non-hydrogen) atoms. The Morgan fingerprint density at radius 2 is 2.08 bits per heavy atom. The van der Waals surface area contributed by atoms with Gasteiger partial charge in [0.05, 0.1) is 0 Å². The SMILES string of the molecule is CCNc1c[c]cc2ccccc12. The van der Waals surface area contributed by atoms with E-state index in [4.69, 9.17) is 0 Å². The van der Waals surface area contributed by atoms with Crippen molar-refractivity contribution in [2.75, 3.05) is 11.9 Å². The fourth-order valence-corrected chi connectivity index (χ4v) is 1.50. The molecule has 0 unspecified atom stereocenters. The van der Waals surface area contributed by atoms with E-state index in [1.165, 1.54) is 16.5 Å². The van der Waals surface area contributed by atoms with Crippen LogP contribution in [0.4, 0.5) is 5.69 Å². The van der Waals surface area contributed by atoms with Crippen LogP contribution < -0.4 is 5.32 Å². The summed E-state index contributed by atoms with van der Waals surface area (Å²) in [6.07, 6.45) is 0. The molecule has 0 heterocycles. The Hall–Kier alpha value is -1.50. The fraction of sp³-hybridized carbons (Fsp3) is 0.167. The minimum absolute atomic E-state index is 0.946. The molecule has 0 aliphatic heterocycles. The Morgan fingerprint density at radius 1 is 1.23 bits per heavy atom. The lowest BCUT2D eigenvalue weighted by molar-refractivity contribution is 1.22. The van der Waals surface area contributed by atoms with Crippen molar-refractivity contribution in [3.05, 3.63) is 42.5 Å². The first-order valence-electron chi connectivity index (χ1n) is 4.54. The average molecular weight is 170 g/mol. The Kier molecular flexibility index (Phi) is 2.17. The quantitative estimate of drug-likeness (QED) is 0.730. The van der Waals surface area contributed by atoms with Crippen molar-refractivity contribution in [3.8, 4) is 0 Å². The molecule has 1 N–H and O–H groups in total. The summed E-state index contributed by atoms with van der Waals surface area (Å²) in [5.74, 6) is 0. The second-order valence-corrected chi connectivity index (χ2v) is 2.99. The van der Waals surface area contributed by atoms with Crippen molar-refractivity contribution in [2.24, 2.45) is 0 Å². The standard InChI is InChI=1S/C12H12N/c1-2-13-12-9-5-7-10-6-3-4-8-11(10)12/h3-4,6-9,13H,2H2,1H3. The zero-order valence-electron chi connectivity index (χ0n) is 7.67. The molecule has 0 bridgehead atoms. The summed E-state index contributed by atoms with van der Waals surface area (Å²) in [6.45, 7) is 3.05. The minimum atomic E-state index is 0.946. The summed E-state index contributed by atoms with van der Waals surface area (Å²) in [6, 6.07) is 15.5. The molecule has 0 spiro atoms. The van der Waals surface area contributed by atoms with E-state index in [0.29, 0.717) is 0 Å². The maximum absolute atomic E-state index is 3.32. The molecule has 1 heteroatoms. The number of benzene rings is 2. The lowest BCUT2D eigenvalue weighted by Crippen LogP contribution is -1.96. The highest BCUT2D eigenvalue weighted by atomic mass is 14.8. The number of hydrogen-bond donors (Lipinski definition) is 1. The van der Waals surface area contributed by atoms with E-state index in [1.54, 1.807) is 0 Å². The Balaban J connectivity index is 2.61. The Morgan fingerprint density at radius 3 is 2.92 bits per heavy atom. The molecular formula is C12H12N. The van der Waals surface area contributed by atoms with Gasteiger partial charge in [-0.05, 0) is 30.5 Å². The summed E-state index contributed by atoms with van der Waals surface area (Å²) >= 11 is 0. The molecule has 1 radical (unpaired) electrons. The maximum Gasteiger partial charge on any atom is 0.0426 e. The summed E-state index contributed by atoms with van der Waals surface area (Å²) in [7, 11) is 0. The molecule has 2 aromatic carbocycles. The molecule has 0 atom stereocenters. The van der Waals surface area contributed by atoms with Gasteiger partial charge in [-0.15, -0.1) is 0 Å². The monoisotopic (exact) mass is 170 g/mol. The van der Waals surface area contributed by atoms with Crippen molar-refractivity contribution < 1.29 is 0 Å². The largest absolute Gasteiger partial charge is 0.385 e. The first-order chi connectivity index (χ1) is 6.42. The van der Waals surface area contributed by atoms with Gasteiger partial charge in [-0.25, -0.2) is 0 Å². The van der Waals surface area contributed by atoms with Crippen molar-refractivity contribution in [1.82, 2.24) is 0 Å². The van der Waals surface area contributed by atoms with Crippen molar-refractivity contribution in [3.63, 3.8) is 0 Å². The second kappa shape index (κ2) is 3.48. The third kappa shape index (κ3) is 1.50. The number of nitrogens with one attached hydrogen (secondary N) is 1. The first-order valence-corrected chi connectivity index (χ1v) is 4.54. The van der Waals surface area contributed by atoms with E-state index in [2.05, 4.69) is 36.5 Å². The first kappa shape index (κ1) is 8.11. The smallest absolute Gasteiger partial charge is 0.0426 e. The molecule has 0 saturated carbocycles. The predicted molar refractivity (Wildman–Crippen MR) is 56.9 cm³/mol. The third-order valence-corrected chi connectivity index (χ3v) is 2.08. The van der Waals surface area contributed by atoms with Gasteiger partial charge in [-0.2, -0.15) is 0 Å². The van der Waals surface area contributed by atoms with Crippen LogP contribution in [0, 0.1) is 6.07 Å². The second-order valence-electron chi connectivity index (χ2n) is 2.99. The number of hydrogen-bond acceptors (Lipinski definition) is 1. The maximum atomic E-state index is 3.32. The van der Waals surface area contributed by atoms with Gasteiger partial charge in [0.1, 0.15) is 0 Å². The zero-order chi connectivity index (χ0) is 9.10. The molecule has 2 aromatic rings. The fourth-order valence-electron chi connectivity index (χ4n) is 1.50. The molecule has 0 aliphatic rings. The number of fused-ring (bicyclic) bond motifs is 1. The van der Waals surface area contributed by atoms with Crippen molar-refractivity contribution >= 4 is 16.5 Å². The highest BCUT2D eigenvalue weighted by molar-refractivity contribution is 5.93. The third-order valence-electron chi connectivity index (χ3n) is 2.08. The van der Waals surface area contributed by atoms with Crippen LogP contribution >= 0.6 is 0 Å². The normalized spacial score (nSPS) is 10.2. The van der Waals surface area contributed by atoms with Crippen LogP contribution in [0.1, 0.15) is 6.92 Å². The molecule has 0 saturated heterocycles. The van der Waals surface area contributed by atoms with Crippen LogP contribution in [0.5, 0.6) is 0 Å². The van der Waals surface area contributed by atoms with Crippen molar-refractivity contribution in [2.45, 2.75) is 6.92 Å². The molecule has 0 fully saturated rings. The Bertz CT molecular complexity index is 401. The predicted octanol–water partition coefficient (Wildman–Crippen LogP) is 3.07. The van der Waals surface area contributed by atoms with Gasteiger partial charge >= 0.3 is 0 Å². The molecule has 2 rings (SSSR count). The Labute approximate surface area is 78.4 Å². The van der Waals surface area contributed by atoms with E-state index < -0.39 is 0 Å². The van der Waals surface area contributed by atoms with Gasteiger partial charge < -0.3 is 5.32 Å². The van der Waals surface area contributed by atoms with E-state index in [1.807, 2.05) is 18.2 Å². The van der Waals surface area contributed by atoms with E-state index >= 15 is 0 Å². The van der Waals surface area contributed by atoms with E-state index in [-0.39, 0.29) is 0 Å². The van der Waals surface area contributed by atoms with Crippen LogP contribution in [0.25, 0.3) is 10.8 Å². The van der Waals surface area contributed by atoms with Gasteiger partial charge in [-0.1, -0.05) is 24.3 Å². The number of anilines is 1. The van der Waals surface area contributed by atoms with Gasteiger partial charge in [0.2, 0.25) is 0 Å². The average Bonchev–Trinajstić information content (AvgIpc) is 2.19. The zero-order valence-corrected chi connectivity index (χ0v) is 7.67. The van der Waals surface area contributed by atoms with Gasteiger partial charge in [-0.3, -0.25) is 0 Å². The van der Waals surface area contributed by atoms with Crippen LogP contribution in [-0.2, 0) is 0 Å². The molecule has 0 amide bonds. The van der Waals surface area contributed by atoms with Crippen LogP contribution in [0.3, 0.4) is 0 Å². The van der Waals surface area contributed by atoms with Gasteiger partial charge in [0.15, 0.2) is 0 Å². The summed E-state index contributed by atoms with van der Waals surface area (Å²) < 4.78 is 0. The minimum Gasteiger partial charge on any atom is -0.385 e. The molecule has 1 nitrogen and oxygen atoms in total. The van der Waals surface area contributed by atoms with Crippen LogP contribution in [0.15, 0.2) is 36.4 Å². The van der Waals surface area contributed by atoms with Crippen LogP contribution in [0.2, 0.25) is 0 Å². The molecular weight excluding hydrogens is 158 g/mol. The van der Waals surface area contributed by atoms with E-state index in [9.17, 15) is 0 Å². The molecule has 0 aliphatic carbocycles.